The molecule has 0 unspecified atom stereocenters. The van der Waals surface area contributed by atoms with Crippen molar-refractivity contribution in [2.75, 3.05) is 5.32 Å². The van der Waals surface area contributed by atoms with E-state index in [1.807, 2.05) is 42.5 Å². The second-order valence-electron chi connectivity index (χ2n) is 4.94. The number of fused-ring (bicyclic) bond motifs is 1. The topological polar surface area (TPSA) is 72.4 Å². The number of anilines is 1. The molecule has 4 rings (SSSR count). The number of nitrogens with one attached hydrogen (secondary N) is 1. The highest BCUT2D eigenvalue weighted by molar-refractivity contribution is 6.01. The zero-order valence-corrected chi connectivity index (χ0v) is 12.0. The largest absolute Gasteiger partial charge is 0.459 e. The van der Waals surface area contributed by atoms with Crippen molar-refractivity contribution in [3.63, 3.8) is 0 Å². The minimum atomic E-state index is -0.346. The standard InChI is InChI=1S/C17H12N4O2/c22-17(14-7-4-10-23-14)19-15-11-21-16(18-15)9-8-13(20-21)12-5-2-1-3-6-12/h1-11H,(H,19,22). The van der Waals surface area contributed by atoms with E-state index in [2.05, 4.69) is 15.4 Å². The summed E-state index contributed by atoms with van der Waals surface area (Å²) in [7, 11) is 0. The van der Waals surface area contributed by atoms with Crippen molar-refractivity contribution in [2.45, 2.75) is 0 Å². The number of imidazole rings is 1. The number of hydrogen-bond donors (Lipinski definition) is 1. The summed E-state index contributed by atoms with van der Waals surface area (Å²) in [6.07, 6.45) is 3.12. The quantitative estimate of drug-likeness (QED) is 0.630. The predicted octanol–water partition coefficient (Wildman–Crippen LogP) is 3.24. The molecule has 6 nitrogen and oxygen atoms in total. The molecule has 0 atom stereocenters. The van der Waals surface area contributed by atoms with Crippen LogP contribution in [0.4, 0.5) is 5.82 Å². The van der Waals surface area contributed by atoms with Gasteiger partial charge in [0, 0.05) is 5.56 Å². The second kappa shape index (κ2) is 5.42. The van der Waals surface area contributed by atoms with Crippen LogP contribution in [0, 0.1) is 0 Å². The SMILES string of the molecule is O=C(Nc1cn2nc(-c3ccccc3)ccc2n1)c1ccco1. The molecule has 1 amide bonds. The number of carbonyl (C=O) groups excluding carboxylic acids is 1. The lowest BCUT2D eigenvalue weighted by molar-refractivity contribution is 0.0996. The summed E-state index contributed by atoms with van der Waals surface area (Å²) in [6.45, 7) is 0. The van der Waals surface area contributed by atoms with Crippen LogP contribution < -0.4 is 5.32 Å². The molecule has 0 saturated carbocycles. The third-order valence-electron chi connectivity index (χ3n) is 3.38. The van der Waals surface area contributed by atoms with Gasteiger partial charge in [-0.2, -0.15) is 5.10 Å². The molecule has 3 heterocycles. The van der Waals surface area contributed by atoms with Gasteiger partial charge in [0.25, 0.3) is 5.91 Å². The maximum Gasteiger partial charge on any atom is 0.292 e. The Morgan fingerprint density at radius 1 is 1.04 bits per heavy atom. The molecule has 0 bridgehead atoms. The number of benzene rings is 1. The smallest absolute Gasteiger partial charge is 0.292 e. The minimum absolute atomic E-state index is 0.236. The van der Waals surface area contributed by atoms with Crippen LogP contribution in [-0.2, 0) is 0 Å². The van der Waals surface area contributed by atoms with Gasteiger partial charge in [0.1, 0.15) is 0 Å². The van der Waals surface area contributed by atoms with E-state index in [-0.39, 0.29) is 11.7 Å². The van der Waals surface area contributed by atoms with E-state index in [0.29, 0.717) is 11.5 Å². The van der Waals surface area contributed by atoms with Crippen LogP contribution in [0.3, 0.4) is 0 Å². The van der Waals surface area contributed by atoms with Gasteiger partial charge in [-0.05, 0) is 24.3 Å². The second-order valence-corrected chi connectivity index (χ2v) is 4.94. The lowest BCUT2D eigenvalue weighted by Gasteiger charge is -2.00. The van der Waals surface area contributed by atoms with E-state index in [1.165, 1.54) is 6.26 Å². The maximum absolute atomic E-state index is 12.0. The van der Waals surface area contributed by atoms with Crippen LogP contribution >= 0.6 is 0 Å². The van der Waals surface area contributed by atoms with Crippen molar-refractivity contribution in [1.29, 1.82) is 0 Å². The molecular weight excluding hydrogens is 292 g/mol. The molecule has 3 aromatic heterocycles. The fourth-order valence-electron chi connectivity index (χ4n) is 2.29. The lowest BCUT2D eigenvalue weighted by atomic mass is 10.1. The van der Waals surface area contributed by atoms with Gasteiger partial charge in [-0.3, -0.25) is 4.79 Å². The van der Waals surface area contributed by atoms with Gasteiger partial charge < -0.3 is 9.73 Å². The Labute approximate surface area is 131 Å². The fourth-order valence-corrected chi connectivity index (χ4v) is 2.29. The average Bonchev–Trinajstić information content (AvgIpc) is 3.24. The Hall–Kier alpha value is -3.41. The molecule has 0 aliphatic heterocycles. The molecule has 0 radical (unpaired) electrons. The first kappa shape index (κ1) is 13.3. The average molecular weight is 304 g/mol. The van der Waals surface area contributed by atoms with Gasteiger partial charge in [-0.1, -0.05) is 30.3 Å². The molecule has 1 aromatic carbocycles. The highest BCUT2D eigenvalue weighted by Crippen LogP contribution is 2.18. The molecular formula is C17H12N4O2. The summed E-state index contributed by atoms with van der Waals surface area (Å²) in [5.41, 5.74) is 2.50. The fraction of sp³-hybridized carbons (Fsp3) is 0. The zero-order chi connectivity index (χ0) is 15.6. The number of amides is 1. The van der Waals surface area contributed by atoms with Gasteiger partial charge in [-0.25, -0.2) is 9.50 Å². The molecule has 112 valence electrons. The zero-order valence-electron chi connectivity index (χ0n) is 12.0. The number of aromatic nitrogens is 3. The van der Waals surface area contributed by atoms with E-state index in [9.17, 15) is 4.79 Å². The summed E-state index contributed by atoms with van der Waals surface area (Å²) < 4.78 is 6.70. The summed E-state index contributed by atoms with van der Waals surface area (Å²) in [5.74, 6) is 0.311. The Balaban J connectivity index is 1.64. The van der Waals surface area contributed by atoms with E-state index in [0.717, 1.165) is 11.3 Å². The predicted molar refractivity (Wildman–Crippen MR) is 85.1 cm³/mol. The maximum atomic E-state index is 12.0. The first-order chi connectivity index (χ1) is 11.3. The highest BCUT2D eigenvalue weighted by Gasteiger charge is 2.11. The molecule has 0 saturated heterocycles. The van der Waals surface area contributed by atoms with Crippen molar-refractivity contribution >= 4 is 17.4 Å². The molecule has 0 aliphatic carbocycles. The van der Waals surface area contributed by atoms with Gasteiger partial charge in [0.05, 0.1) is 18.2 Å². The van der Waals surface area contributed by atoms with Crippen molar-refractivity contribution in [3.05, 3.63) is 72.8 Å². The van der Waals surface area contributed by atoms with E-state index >= 15 is 0 Å². The van der Waals surface area contributed by atoms with E-state index in [4.69, 9.17) is 4.42 Å². The van der Waals surface area contributed by atoms with Crippen molar-refractivity contribution < 1.29 is 9.21 Å². The van der Waals surface area contributed by atoms with Crippen molar-refractivity contribution in [3.8, 4) is 11.3 Å². The van der Waals surface area contributed by atoms with E-state index in [1.54, 1.807) is 22.8 Å². The number of hydrogen-bond acceptors (Lipinski definition) is 4. The summed E-state index contributed by atoms with van der Waals surface area (Å²) in [5, 5.41) is 7.20. The Morgan fingerprint density at radius 2 is 1.91 bits per heavy atom. The monoisotopic (exact) mass is 304 g/mol. The van der Waals surface area contributed by atoms with Gasteiger partial charge in [0.2, 0.25) is 0 Å². The van der Waals surface area contributed by atoms with Crippen molar-refractivity contribution in [1.82, 2.24) is 14.6 Å². The van der Waals surface area contributed by atoms with Crippen LogP contribution in [0.1, 0.15) is 10.6 Å². The Bertz CT molecular complexity index is 959. The number of furan rings is 1. The number of rotatable bonds is 3. The van der Waals surface area contributed by atoms with Crippen molar-refractivity contribution in [2.24, 2.45) is 0 Å². The normalized spacial score (nSPS) is 10.8. The highest BCUT2D eigenvalue weighted by atomic mass is 16.3. The van der Waals surface area contributed by atoms with Gasteiger partial charge in [-0.15, -0.1) is 0 Å². The lowest BCUT2D eigenvalue weighted by Crippen LogP contribution is -2.10. The summed E-state index contributed by atoms with van der Waals surface area (Å²) >= 11 is 0. The Morgan fingerprint density at radius 3 is 2.70 bits per heavy atom. The van der Waals surface area contributed by atoms with Crippen LogP contribution in [0.5, 0.6) is 0 Å². The van der Waals surface area contributed by atoms with Gasteiger partial charge in [0.15, 0.2) is 17.2 Å². The third kappa shape index (κ3) is 2.57. The molecule has 1 N–H and O–H groups in total. The van der Waals surface area contributed by atoms with E-state index < -0.39 is 0 Å². The molecule has 0 fully saturated rings. The first-order valence-corrected chi connectivity index (χ1v) is 7.06. The molecule has 6 heteroatoms. The first-order valence-electron chi connectivity index (χ1n) is 7.06. The molecule has 0 aliphatic rings. The third-order valence-corrected chi connectivity index (χ3v) is 3.38. The van der Waals surface area contributed by atoms with Crippen LogP contribution in [-0.4, -0.2) is 20.5 Å². The minimum Gasteiger partial charge on any atom is -0.459 e. The number of nitrogens with zero attached hydrogens (tertiary/aromatic N) is 3. The summed E-state index contributed by atoms with van der Waals surface area (Å²) in [6, 6.07) is 16.9. The van der Waals surface area contributed by atoms with Crippen LogP contribution in [0.25, 0.3) is 16.9 Å². The van der Waals surface area contributed by atoms with Crippen LogP contribution in [0.2, 0.25) is 0 Å². The summed E-state index contributed by atoms with van der Waals surface area (Å²) in [4.78, 5) is 16.3. The van der Waals surface area contributed by atoms with Gasteiger partial charge >= 0.3 is 0 Å². The molecule has 0 spiro atoms. The molecule has 4 aromatic rings. The number of carbonyl (C=O) groups is 1. The van der Waals surface area contributed by atoms with Crippen LogP contribution in [0.15, 0.2) is 71.5 Å². The molecule has 23 heavy (non-hydrogen) atoms. The Kier molecular flexibility index (Phi) is 3.12.